The van der Waals surface area contributed by atoms with E-state index in [1.165, 1.54) is 0 Å². The van der Waals surface area contributed by atoms with Crippen LogP contribution in [0.4, 0.5) is 17.6 Å². The molecule has 0 atom stereocenters. The molecule has 6 heteroatoms. The predicted molar refractivity (Wildman–Crippen MR) is 89.4 cm³/mol. The van der Waals surface area contributed by atoms with E-state index in [1.54, 1.807) is 12.3 Å². The molecule has 1 fully saturated rings. The number of piperazine rings is 1. The molecule has 0 bridgehead atoms. The third kappa shape index (κ3) is 3.33. The molecule has 22 heavy (non-hydrogen) atoms. The first-order chi connectivity index (χ1) is 10.9. The molecule has 114 valence electrons. The minimum Gasteiger partial charge on any atom is -0.353 e. The molecule has 0 saturated carbocycles. The fraction of sp³-hybridized carbons (Fsp3) is 0.312. The number of rotatable bonds is 5. The van der Waals surface area contributed by atoms with Gasteiger partial charge in [-0.2, -0.15) is 4.98 Å². The Morgan fingerprint density at radius 1 is 1.00 bits per heavy atom. The van der Waals surface area contributed by atoms with Crippen LogP contribution in [-0.4, -0.2) is 47.7 Å². The van der Waals surface area contributed by atoms with Gasteiger partial charge in [-0.05, 0) is 18.2 Å². The maximum Gasteiger partial charge on any atom is 0.224 e. The van der Waals surface area contributed by atoms with Crippen molar-refractivity contribution in [1.82, 2.24) is 15.0 Å². The van der Waals surface area contributed by atoms with Crippen LogP contribution >= 0.6 is 0 Å². The van der Waals surface area contributed by atoms with Gasteiger partial charge < -0.3 is 15.1 Å². The monoisotopic (exact) mass is 296 g/mol. The standard InChI is InChI=1S/C16H20N6/c1-2-7-18-16-19-9-6-15(20-16)22-12-10-21(11-13-22)14-5-3-4-8-17-14/h2-6,8-9H,1,7,10-13H2,(H,18,19,20). The number of nitrogens with one attached hydrogen (secondary N) is 1. The van der Waals surface area contributed by atoms with Crippen LogP contribution in [0.2, 0.25) is 0 Å². The predicted octanol–water partition coefficient (Wildman–Crippen LogP) is 1.80. The number of aromatic nitrogens is 3. The molecule has 2 aromatic rings. The van der Waals surface area contributed by atoms with E-state index in [0.717, 1.165) is 37.8 Å². The zero-order valence-electron chi connectivity index (χ0n) is 12.5. The lowest BCUT2D eigenvalue weighted by Crippen LogP contribution is -2.47. The van der Waals surface area contributed by atoms with Crippen molar-refractivity contribution in [3.63, 3.8) is 0 Å². The molecular formula is C16H20N6. The first kappa shape index (κ1) is 14.3. The van der Waals surface area contributed by atoms with Crippen LogP contribution in [0.15, 0.2) is 49.3 Å². The summed E-state index contributed by atoms with van der Waals surface area (Å²) in [6.45, 7) is 8.08. The van der Waals surface area contributed by atoms with Gasteiger partial charge in [0, 0.05) is 45.1 Å². The van der Waals surface area contributed by atoms with Gasteiger partial charge in [-0.25, -0.2) is 9.97 Å². The van der Waals surface area contributed by atoms with Gasteiger partial charge in [0.2, 0.25) is 5.95 Å². The van der Waals surface area contributed by atoms with Gasteiger partial charge in [-0.1, -0.05) is 12.1 Å². The Morgan fingerprint density at radius 2 is 1.77 bits per heavy atom. The highest BCUT2D eigenvalue weighted by Gasteiger charge is 2.19. The quantitative estimate of drug-likeness (QED) is 0.849. The minimum absolute atomic E-state index is 0.643. The molecule has 2 aromatic heterocycles. The molecule has 0 radical (unpaired) electrons. The van der Waals surface area contributed by atoms with Crippen LogP contribution in [0.25, 0.3) is 0 Å². The molecule has 0 amide bonds. The Bertz CT molecular complexity index is 607. The number of hydrogen-bond donors (Lipinski definition) is 1. The topological polar surface area (TPSA) is 57.2 Å². The SMILES string of the molecule is C=CCNc1nccc(N2CCN(c3ccccn3)CC2)n1. The third-order valence-electron chi connectivity index (χ3n) is 3.62. The molecule has 3 heterocycles. The molecule has 1 saturated heterocycles. The largest absolute Gasteiger partial charge is 0.353 e. The van der Waals surface area contributed by atoms with Crippen molar-refractivity contribution in [3.05, 3.63) is 49.3 Å². The van der Waals surface area contributed by atoms with Crippen molar-refractivity contribution in [3.8, 4) is 0 Å². The van der Waals surface area contributed by atoms with Crippen LogP contribution < -0.4 is 15.1 Å². The zero-order chi connectivity index (χ0) is 15.2. The highest BCUT2D eigenvalue weighted by molar-refractivity contribution is 5.46. The molecule has 0 aromatic carbocycles. The summed E-state index contributed by atoms with van der Waals surface area (Å²) in [5, 5.41) is 3.12. The Balaban J connectivity index is 1.62. The average molecular weight is 296 g/mol. The minimum atomic E-state index is 0.643. The molecule has 1 aliphatic heterocycles. The van der Waals surface area contributed by atoms with E-state index >= 15 is 0 Å². The van der Waals surface area contributed by atoms with E-state index in [2.05, 4.69) is 42.7 Å². The van der Waals surface area contributed by atoms with Crippen molar-refractivity contribution in [2.45, 2.75) is 0 Å². The van der Waals surface area contributed by atoms with E-state index in [-0.39, 0.29) is 0 Å². The highest BCUT2D eigenvalue weighted by atomic mass is 15.3. The normalized spacial score (nSPS) is 14.7. The van der Waals surface area contributed by atoms with Crippen LogP contribution in [0.1, 0.15) is 0 Å². The molecule has 6 nitrogen and oxygen atoms in total. The summed E-state index contributed by atoms with van der Waals surface area (Å²) in [5.74, 6) is 2.64. The summed E-state index contributed by atoms with van der Waals surface area (Å²) in [4.78, 5) is 17.8. The molecule has 0 unspecified atom stereocenters. The fourth-order valence-corrected chi connectivity index (χ4v) is 2.48. The van der Waals surface area contributed by atoms with Crippen LogP contribution in [0.3, 0.4) is 0 Å². The van der Waals surface area contributed by atoms with Crippen molar-refractivity contribution in [1.29, 1.82) is 0 Å². The molecule has 1 N–H and O–H groups in total. The number of anilines is 3. The number of nitrogens with zero attached hydrogens (tertiary/aromatic N) is 5. The Hall–Kier alpha value is -2.63. The highest BCUT2D eigenvalue weighted by Crippen LogP contribution is 2.17. The van der Waals surface area contributed by atoms with Gasteiger partial charge in [-0.15, -0.1) is 6.58 Å². The van der Waals surface area contributed by atoms with Crippen molar-refractivity contribution >= 4 is 17.6 Å². The van der Waals surface area contributed by atoms with E-state index in [1.807, 2.05) is 24.4 Å². The zero-order valence-corrected chi connectivity index (χ0v) is 12.5. The molecule has 0 aliphatic carbocycles. The van der Waals surface area contributed by atoms with Gasteiger partial charge >= 0.3 is 0 Å². The molecule has 0 spiro atoms. The van der Waals surface area contributed by atoms with Gasteiger partial charge in [0.1, 0.15) is 11.6 Å². The summed E-state index contributed by atoms with van der Waals surface area (Å²) in [5.41, 5.74) is 0. The van der Waals surface area contributed by atoms with Gasteiger partial charge in [0.25, 0.3) is 0 Å². The number of hydrogen-bond acceptors (Lipinski definition) is 6. The summed E-state index contributed by atoms with van der Waals surface area (Å²) in [7, 11) is 0. The average Bonchev–Trinajstić information content (AvgIpc) is 2.61. The molecule has 1 aliphatic rings. The lowest BCUT2D eigenvalue weighted by Gasteiger charge is -2.36. The first-order valence-corrected chi connectivity index (χ1v) is 7.45. The van der Waals surface area contributed by atoms with E-state index in [0.29, 0.717) is 12.5 Å². The fourth-order valence-electron chi connectivity index (χ4n) is 2.48. The van der Waals surface area contributed by atoms with Gasteiger partial charge in [-0.3, -0.25) is 0 Å². The second-order valence-corrected chi connectivity index (χ2v) is 5.07. The van der Waals surface area contributed by atoms with E-state index in [9.17, 15) is 0 Å². The lowest BCUT2D eigenvalue weighted by molar-refractivity contribution is 0.641. The van der Waals surface area contributed by atoms with E-state index in [4.69, 9.17) is 0 Å². The van der Waals surface area contributed by atoms with Gasteiger partial charge in [0.05, 0.1) is 0 Å². The lowest BCUT2D eigenvalue weighted by atomic mass is 10.3. The van der Waals surface area contributed by atoms with Gasteiger partial charge in [0.15, 0.2) is 0 Å². The summed E-state index contributed by atoms with van der Waals surface area (Å²) in [6, 6.07) is 7.97. The molecule has 3 rings (SSSR count). The molecular weight excluding hydrogens is 276 g/mol. The second kappa shape index (κ2) is 6.89. The number of pyridine rings is 1. The van der Waals surface area contributed by atoms with Crippen molar-refractivity contribution in [2.24, 2.45) is 0 Å². The Labute approximate surface area is 130 Å². The van der Waals surface area contributed by atoms with Crippen LogP contribution in [0.5, 0.6) is 0 Å². The summed E-state index contributed by atoms with van der Waals surface area (Å²) in [6.07, 6.45) is 5.42. The summed E-state index contributed by atoms with van der Waals surface area (Å²) >= 11 is 0. The Kier molecular flexibility index (Phi) is 4.48. The first-order valence-electron chi connectivity index (χ1n) is 7.45. The van der Waals surface area contributed by atoms with Crippen molar-refractivity contribution in [2.75, 3.05) is 47.8 Å². The maximum absolute atomic E-state index is 4.55. The summed E-state index contributed by atoms with van der Waals surface area (Å²) < 4.78 is 0. The maximum atomic E-state index is 4.55. The third-order valence-corrected chi connectivity index (χ3v) is 3.62. The van der Waals surface area contributed by atoms with E-state index < -0.39 is 0 Å². The Morgan fingerprint density at radius 3 is 2.45 bits per heavy atom. The smallest absolute Gasteiger partial charge is 0.224 e. The second-order valence-electron chi connectivity index (χ2n) is 5.07. The van der Waals surface area contributed by atoms with Crippen LogP contribution in [-0.2, 0) is 0 Å². The van der Waals surface area contributed by atoms with Crippen molar-refractivity contribution < 1.29 is 0 Å². The van der Waals surface area contributed by atoms with Crippen LogP contribution in [0, 0.1) is 0 Å².